The highest BCUT2D eigenvalue weighted by molar-refractivity contribution is 7.03. The summed E-state index contributed by atoms with van der Waals surface area (Å²) in [6.07, 6.45) is 1.49. The molecule has 66 valence electrons. The molecule has 0 aliphatic carbocycles. The molecule has 1 heterocycles. The summed E-state index contributed by atoms with van der Waals surface area (Å²) in [5, 5.41) is 4.70. The molecule has 0 bridgehead atoms. The lowest BCUT2D eigenvalue weighted by atomic mass is 10.3. The standard InChI is InChI=1S/C8H12N2OS/c1-2-3-8(11)9-6-7-4-5-12-10-7/h4-5H,2-3,6H2,1H3,(H,9,11). The molecule has 0 saturated carbocycles. The van der Waals surface area contributed by atoms with Gasteiger partial charge in [-0.05, 0) is 24.0 Å². The Morgan fingerprint density at radius 3 is 3.17 bits per heavy atom. The third-order valence-electron chi connectivity index (χ3n) is 1.43. The number of nitrogens with zero attached hydrogens (tertiary/aromatic N) is 1. The van der Waals surface area contributed by atoms with E-state index in [0.29, 0.717) is 13.0 Å². The van der Waals surface area contributed by atoms with Crippen molar-refractivity contribution < 1.29 is 4.79 Å². The van der Waals surface area contributed by atoms with Gasteiger partial charge in [-0.1, -0.05) is 6.92 Å². The van der Waals surface area contributed by atoms with Gasteiger partial charge in [0.15, 0.2) is 0 Å². The molecule has 0 aromatic carbocycles. The van der Waals surface area contributed by atoms with Crippen LogP contribution in [0.2, 0.25) is 0 Å². The number of carbonyl (C=O) groups is 1. The predicted octanol–water partition coefficient (Wildman–Crippen LogP) is 1.56. The molecule has 12 heavy (non-hydrogen) atoms. The van der Waals surface area contributed by atoms with Gasteiger partial charge in [-0.3, -0.25) is 4.79 Å². The van der Waals surface area contributed by atoms with E-state index in [2.05, 4.69) is 9.69 Å². The zero-order valence-corrected chi connectivity index (χ0v) is 7.86. The molecule has 1 N–H and O–H groups in total. The molecular formula is C8H12N2OS. The fourth-order valence-electron chi connectivity index (χ4n) is 0.833. The van der Waals surface area contributed by atoms with E-state index in [1.165, 1.54) is 11.5 Å². The number of aromatic nitrogens is 1. The Hall–Kier alpha value is -0.900. The van der Waals surface area contributed by atoms with Crippen molar-refractivity contribution >= 4 is 17.4 Å². The Bertz CT molecular complexity index is 233. The van der Waals surface area contributed by atoms with E-state index < -0.39 is 0 Å². The van der Waals surface area contributed by atoms with E-state index in [0.717, 1.165) is 12.1 Å². The summed E-state index contributed by atoms with van der Waals surface area (Å²) >= 11 is 1.40. The quantitative estimate of drug-likeness (QED) is 0.771. The fourth-order valence-corrected chi connectivity index (χ4v) is 1.37. The summed E-state index contributed by atoms with van der Waals surface area (Å²) in [4.78, 5) is 11.0. The molecule has 1 rings (SSSR count). The lowest BCUT2D eigenvalue weighted by Gasteiger charge is -2.00. The zero-order valence-electron chi connectivity index (χ0n) is 7.04. The highest BCUT2D eigenvalue weighted by atomic mass is 32.1. The van der Waals surface area contributed by atoms with E-state index in [-0.39, 0.29) is 5.91 Å². The van der Waals surface area contributed by atoms with Gasteiger partial charge in [0.2, 0.25) is 5.91 Å². The number of rotatable bonds is 4. The van der Waals surface area contributed by atoms with Gasteiger partial charge < -0.3 is 5.32 Å². The van der Waals surface area contributed by atoms with Crippen LogP contribution in [0.5, 0.6) is 0 Å². The van der Waals surface area contributed by atoms with Crippen molar-refractivity contribution in [2.24, 2.45) is 0 Å². The molecular weight excluding hydrogens is 172 g/mol. The highest BCUT2D eigenvalue weighted by Gasteiger charge is 1.99. The number of carbonyl (C=O) groups excluding carboxylic acids is 1. The van der Waals surface area contributed by atoms with Gasteiger partial charge in [0.05, 0.1) is 12.2 Å². The Kier molecular flexibility index (Phi) is 3.73. The largest absolute Gasteiger partial charge is 0.350 e. The first-order valence-electron chi connectivity index (χ1n) is 3.99. The molecule has 0 fully saturated rings. The maximum absolute atomic E-state index is 11.0. The van der Waals surface area contributed by atoms with Crippen molar-refractivity contribution in [3.8, 4) is 0 Å². The second kappa shape index (κ2) is 4.87. The van der Waals surface area contributed by atoms with Crippen LogP contribution in [-0.4, -0.2) is 10.3 Å². The van der Waals surface area contributed by atoms with Crippen LogP contribution in [0.15, 0.2) is 11.4 Å². The zero-order chi connectivity index (χ0) is 8.81. The molecule has 0 unspecified atom stereocenters. The number of nitrogens with one attached hydrogen (secondary N) is 1. The van der Waals surface area contributed by atoms with Crippen molar-refractivity contribution in [2.45, 2.75) is 26.3 Å². The first kappa shape index (κ1) is 9.19. The van der Waals surface area contributed by atoms with Gasteiger partial charge in [-0.15, -0.1) is 0 Å². The summed E-state index contributed by atoms with van der Waals surface area (Å²) in [6, 6.07) is 1.91. The fraction of sp³-hybridized carbons (Fsp3) is 0.500. The molecule has 1 amide bonds. The Balaban J connectivity index is 2.22. The SMILES string of the molecule is CCCC(=O)NCc1ccsn1. The van der Waals surface area contributed by atoms with Crippen molar-refractivity contribution in [1.82, 2.24) is 9.69 Å². The van der Waals surface area contributed by atoms with E-state index in [4.69, 9.17) is 0 Å². The van der Waals surface area contributed by atoms with Crippen LogP contribution in [0.25, 0.3) is 0 Å². The van der Waals surface area contributed by atoms with Crippen LogP contribution in [0, 0.1) is 0 Å². The van der Waals surface area contributed by atoms with E-state index in [1.807, 2.05) is 18.4 Å². The predicted molar refractivity (Wildman–Crippen MR) is 48.9 cm³/mol. The molecule has 3 nitrogen and oxygen atoms in total. The van der Waals surface area contributed by atoms with Crippen LogP contribution in [0.1, 0.15) is 25.5 Å². The average Bonchev–Trinajstić information content (AvgIpc) is 2.53. The topological polar surface area (TPSA) is 42.0 Å². The minimum absolute atomic E-state index is 0.102. The molecule has 4 heteroatoms. The molecule has 0 aliphatic rings. The molecule has 0 saturated heterocycles. The summed E-state index contributed by atoms with van der Waals surface area (Å²) in [7, 11) is 0. The summed E-state index contributed by atoms with van der Waals surface area (Å²) in [5.74, 6) is 0.102. The highest BCUT2D eigenvalue weighted by Crippen LogP contribution is 1.98. The van der Waals surface area contributed by atoms with Gasteiger partial charge in [0, 0.05) is 11.8 Å². The van der Waals surface area contributed by atoms with Gasteiger partial charge in [-0.2, -0.15) is 4.37 Å². The summed E-state index contributed by atoms with van der Waals surface area (Å²) < 4.78 is 4.08. The third kappa shape index (κ3) is 3.00. The first-order valence-corrected chi connectivity index (χ1v) is 4.82. The smallest absolute Gasteiger partial charge is 0.220 e. The Morgan fingerprint density at radius 2 is 2.58 bits per heavy atom. The van der Waals surface area contributed by atoms with Crippen molar-refractivity contribution in [3.05, 3.63) is 17.1 Å². The average molecular weight is 184 g/mol. The van der Waals surface area contributed by atoms with Crippen molar-refractivity contribution in [3.63, 3.8) is 0 Å². The molecule has 0 spiro atoms. The maximum Gasteiger partial charge on any atom is 0.220 e. The van der Waals surface area contributed by atoms with E-state index >= 15 is 0 Å². The van der Waals surface area contributed by atoms with E-state index in [9.17, 15) is 4.79 Å². The minimum atomic E-state index is 0.102. The second-order valence-corrected chi connectivity index (χ2v) is 3.18. The molecule has 1 aromatic rings. The van der Waals surface area contributed by atoms with Gasteiger partial charge in [-0.25, -0.2) is 0 Å². The lowest BCUT2D eigenvalue weighted by Crippen LogP contribution is -2.22. The van der Waals surface area contributed by atoms with E-state index in [1.54, 1.807) is 0 Å². The lowest BCUT2D eigenvalue weighted by molar-refractivity contribution is -0.121. The minimum Gasteiger partial charge on any atom is -0.350 e. The first-order chi connectivity index (χ1) is 5.83. The monoisotopic (exact) mass is 184 g/mol. The number of hydrogen-bond acceptors (Lipinski definition) is 3. The Labute approximate surface area is 76.0 Å². The molecule has 0 radical (unpaired) electrons. The number of hydrogen-bond donors (Lipinski definition) is 1. The second-order valence-electron chi connectivity index (χ2n) is 2.52. The van der Waals surface area contributed by atoms with Crippen molar-refractivity contribution in [1.29, 1.82) is 0 Å². The normalized spacial score (nSPS) is 9.75. The Morgan fingerprint density at radius 1 is 1.75 bits per heavy atom. The van der Waals surface area contributed by atoms with Crippen LogP contribution in [0.3, 0.4) is 0 Å². The third-order valence-corrected chi connectivity index (χ3v) is 2.03. The summed E-state index contributed by atoms with van der Waals surface area (Å²) in [6.45, 7) is 2.55. The van der Waals surface area contributed by atoms with Gasteiger partial charge in [0.1, 0.15) is 0 Å². The maximum atomic E-state index is 11.0. The number of amides is 1. The van der Waals surface area contributed by atoms with Crippen molar-refractivity contribution in [2.75, 3.05) is 0 Å². The van der Waals surface area contributed by atoms with Gasteiger partial charge in [0.25, 0.3) is 0 Å². The van der Waals surface area contributed by atoms with Crippen LogP contribution >= 0.6 is 11.5 Å². The van der Waals surface area contributed by atoms with Crippen LogP contribution < -0.4 is 5.32 Å². The van der Waals surface area contributed by atoms with Gasteiger partial charge >= 0.3 is 0 Å². The van der Waals surface area contributed by atoms with Crippen LogP contribution in [0.4, 0.5) is 0 Å². The van der Waals surface area contributed by atoms with Crippen LogP contribution in [-0.2, 0) is 11.3 Å². The molecule has 0 atom stereocenters. The molecule has 0 aliphatic heterocycles. The summed E-state index contributed by atoms with van der Waals surface area (Å²) in [5.41, 5.74) is 0.935. The molecule has 1 aromatic heterocycles.